The van der Waals surface area contributed by atoms with Gasteiger partial charge in [0.15, 0.2) is 11.6 Å². The molecule has 2 aromatic carbocycles. The molecule has 4 heteroatoms. The van der Waals surface area contributed by atoms with Crippen LogP contribution >= 0.6 is 0 Å². The summed E-state index contributed by atoms with van der Waals surface area (Å²) in [4.78, 5) is 0. The maximum Gasteiger partial charge on any atom is 0.201 e. The molecular weight excluding hydrogens is 397 g/mol. The number of fused-ring (bicyclic) bond motifs is 1. The third-order valence-electron chi connectivity index (χ3n) is 7.28. The first-order valence-corrected chi connectivity index (χ1v) is 11.5. The van der Waals surface area contributed by atoms with Crippen molar-refractivity contribution in [3.8, 4) is 16.9 Å². The fourth-order valence-corrected chi connectivity index (χ4v) is 5.19. The van der Waals surface area contributed by atoms with E-state index in [-0.39, 0.29) is 16.9 Å². The summed E-state index contributed by atoms with van der Waals surface area (Å²) in [6.07, 6.45) is 12.8. The molecule has 1 nitrogen and oxygen atoms in total. The van der Waals surface area contributed by atoms with Gasteiger partial charge in [0.1, 0.15) is 5.82 Å². The maximum absolute atomic E-state index is 14.9. The molecule has 1 saturated carbocycles. The highest BCUT2D eigenvalue weighted by Crippen LogP contribution is 2.38. The largest absolute Gasteiger partial charge is 0.494 e. The lowest BCUT2D eigenvalue weighted by atomic mass is 9.78. The Morgan fingerprint density at radius 3 is 2.35 bits per heavy atom. The minimum atomic E-state index is -1.09. The van der Waals surface area contributed by atoms with Gasteiger partial charge in [-0.3, -0.25) is 0 Å². The molecule has 0 radical (unpaired) electrons. The third-order valence-corrected chi connectivity index (χ3v) is 7.28. The summed E-state index contributed by atoms with van der Waals surface area (Å²) in [5, 5.41) is 0. The van der Waals surface area contributed by atoms with Crippen molar-refractivity contribution in [2.75, 3.05) is 7.11 Å². The van der Waals surface area contributed by atoms with Crippen LogP contribution in [0.2, 0.25) is 0 Å². The Balaban J connectivity index is 1.49. The van der Waals surface area contributed by atoms with Crippen LogP contribution in [0.25, 0.3) is 17.2 Å². The zero-order chi connectivity index (χ0) is 22.0. The smallest absolute Gasteiger partial charge is 0.201 e. The van der Waals surface area contributed by atoms with E-state index >= 15 is 0 Å². The van der Waals surface area contributed by atoms with Gasteiger partial charge in [0, 0.05) is 11.1 Å². The topological polar surface area (TPSA) is 9.23 Å². The first-order chi connectivity index (χ1) is 15.0. The van der Waals surface area contributed by atoms with Crippen LogP contribution in [0.15, 0.2) is 29.8 Å². The molecule has 1 fully saturated rings. The van der Waals surface area contributed by atoms with Gasteiger partial charge in [0.2, 0.25) is 5.82 Å². The number of allylic oxidation sites excluding steroid dienone is 1. The number of halogens is 3. The number of hydrogen-bond acceptors (Lipinski definition) is 1. The predicted octanol–water partition coefficient (Wildman–Crippen LogP) is 8.11. The standard InChI is InChI=1S/C27H31F3O/c1-3-17-4-6-18(7-5-17)8-9-19-10-11-20-15-23(24(28)16-21(20)14-19)22-12-13-25(31-2)27(30)26(22)29/h12-18H,3-11H2,1-2H3. The molecule has 0 spiro atoms. The molecule has 2 aromatic rings. The van der Waals surface area contributed by atoms with E-state index in [2.05, 4.69) is 13.0 Å². The molecule has 0 N–H and O–H groups in total. The maximum atomic E-state index is 14.9. The molecule has 0 bridgehead atoms. The second-order valence-corrected chi connectivity index (χ2v) is 9.11. The summed E-state index contributed by atoms with van der Waals surface area (Å²) in [6, 6.07) is 5.85. The van der Waals surface area contributed by atoms with Crippen LogP contribution in [0.1, 0.15) is 69.4 Å². The molecule has 0 atom stereocenters. The molecule has 0 heterocycles. The van der Waals surface area contributed by atoms with Crippen LogP contribution in [0, 0.1) is 29.3 Å². The molecule has 0 saturated heterocycles. The fourth-order valence-electron chi connectivity index (χ4n) is 5.19. The second-order valence-electron chi connectivity index (χ2n) is 9.11. The van der Waals surface area contributed by atoms with Gasteiger partial charge in [-0.25, -0.2) is 8.78 Å². The average Bonchev–Trinajstić information content (AvgIpc) is 2.79. The Bertz CT molecular complexity index is 971. The van der Waals surface area contributed by atoms with E-state index < -0.39 is 17.5 Å². The lowest BCUT2D eigenvalue weighted by Crippen LogP contribution is -2.14. The Morgan fingerprint density at radius 1 is 0.903 bits per heavy atom. The van der Waals surface area contributed by atoms with Crippen LogP contribution in [-0.4, -0.2) is 7.11 Å². The van der Waals surface area contributed by atoms with Crippen LogP contribution in [0.4, 0.5) is 13.2 Å². The normalized spacial score (nSPS) is 20.9. The second kappa shape index (κ2) is 9.50. The number of hydrogen-bond donors (Lipinski definition) is 0. The molecular formula is C27H31F3O. The molecule has 166 valence electrons. The van der Waals surface area contributed by atoms with Crippen molar-refractivity contribution < 1.29 is 17.9 Å². The molecule has 0 amide bonds. The molecule has 31 heavy (non-hydrogen) atoms. The summed E-state index contributed by atoms with van der Waals surface area (Å²) in [6.45, 7) is 2.29. The van der Waals surface area contributed by atoms with Crippen LogP contribution in [0.5, 0.6) is 5.75 Å². The molecule has 0 aliphatic heterocycles. The number of ether oxygens (including phenoxy) is 1. The van der Waals surface area contributed by atoms with Crippen LogP contribution in [-0.2, 0) is 6.42 Å². The van der Waals surface area contributed by atoms with Gasteiger partial charge in [-0.2, -0.15) is 4.39 Å². The zero-order valence-electron chi connectivity index (χ0n) is 18.4. The van der Waals surface area contributed by atoms with Gasteiger partial charge in [0.25, 0.3) is 0 Å². The van der Waals surface area contributed by atoms with Crippen molar-refractivity contribution in [2.24, 2.45) is 11.8 Å². The summed E-state index contributed by atoms with van der Waals surface area (Å²) in [5.74, 6) is -1.15. The molecule has 0 unspecified atom stereocenters. The number of benzene rings is 2. The van der Waals surface area contributed by atoms with Crippen molar-refractivity contribution in [3.63, 3.8) is 0 Å². The number of rotatable bonds is 6. The highest BCUT2D eigenvalue weighted by atomic mass is 19.2. The number of aryl methyl sites for hydroxylation is 1. The SMILES string of the molecule is CCC1CCC(CCC2=Cc3cc(F)c(-c4ccc(OC)c(F)c4F)cc3CC2)CC1. The summed E-state index contributed by atoms with van der Waals surface area (Å²) < 4.78 is 48.3. The third kappa shape index (κ3) is 4.68. The van der Waals surface area contributed by atoms with Crippen LogP contribution < -0.4 is 4.74 Å². The van der Waals surface area contributed by atoms with Crippen molar-refractivity contribution in [2.45, 2.75) is 64.7 Å². The van der Waals surface area contributed by atoms with E-state index in [0.29, 0.717) is 0 Å². The average molecular weight is 429 g/mol. The Morgan fingerprint density at radius 2 is 1.65 bits per heavy atom. The minimum absolute atomic E-state index is 0.0731. The van der Waals surface area contributed by atoms with E-state index in [1.165, 1.54) is 69.4 Å². The molecule has 0 aromatic heterocycles. The molecule has 4 rings (SSSR count). The highest BCUT2D eigenvalue weighted by molar-refractivity contribution is 5.71. The lowest BCUT2D eigenvalue weighted by Gasteiger charge is -2.28. The van der Waals surface area contributed by atoms with E-state index in [0.717, 1.165) is 42.2 Å². The minimum Gasteiger partial charge on any atom is -0.494 e. The van der Waals surface area contributed by atoms with E-state index in [1.54, 1.807) is 6.07 Å². The van der Waals surface area contributed by atoms with Crippen molar-refractivity contribution in [1.29, 1.82) is 0 Å². The monoisotopic (exact) mass is 428 g/mol. The number of methoxy groups -OCH3 is 1. The van der Waals surface area contributed by atoms with E-state index in [1.807, 2.05) is 0 Å². The van der Waals surface area contributed by atoms with Gasteiger partial charge in [-0.1, -0.05) is 50.7 Å². The lowest BCUT2D eigenvalue weighted by molar-refractivity contribution is 0.258. The quantitative estimate of drug-likeness (QED) is 0.451. The Kier molecular flexibility index (Phi) is 6.74. The van der Waals surface area contributed by atoms with E-state index in [4.69, 9.17) is 4.74 Å². The van der Waals surface area contributed by atoms with Crippen molar-refractivity contribution >= 4 is 6.08 Å². The van der Waals surface area contributed by atoms with Crippen LogP contribution in [0.3, 0.4) is 0 Å². The van der Waals surface area contributed by atoms with Gasteiger partial charge < -0.3 is 4.74 Å². The summed E-state index contributed by atoms with van der Waals surface area (Å²) in [5.41, 5.74) is 3.25. The molecule has 2 aliphatic rings. The summed E-state index contributed by atoms with van der Waals surface area (Å²) in [7, 11) is 1.27. The fraction of sp³-hybridized carbons (Fsp3) is 0.481. The van der Waals surface area contributed by atoms with Gasteiger partial charge >= 0.3 is 0 Å². The zero-order valence-corrected chi connectivity index (χ0v) is 18.4. The van der Waals surface area contributed by atoms with Gasteiger partial charge in [-0.05, 0) is 72.9 Å². The first-order valence-electron chi connectivity index (χ1n) is 11.5. The predicted molar refractivity (Wildman–Crippen MR) is 120 cm³/mol. The Labute approximate surface area is 183 Å². The van der Waals surface area contributed by atoms with Gasteiger partial charge in [0.05, 0.1) is 7.11 Å². The highest BCUT2D eigenvalue weighted by Gasteiger charge is 2.22. The van der Waals surface area contributed by atoms with Crippen molar-refractivity contribution in [3.05, 3.63) is 58.4 Å². The summed E-state index contributed by atoms with van der Waals surface area (Å²) >= 11 is 0. The molecule has 2 aliphatic carbocycles. The Hall–Kier alpha value is -2.23. The van der Waals surface area contributed by atoms with E-state index in [9.17, 15) is 13.2 Å². The van der Waals surface area contributed by atoms with Gasteiger partial charge in [-0.15, -0.1) is 0 Å². The van der Waals surface area contributed by atoms with Crippen molar-refractivity contribution in [1.82, 2.24) is 0 Å². The first kappa shape index (κ1) is 22.0.